The lowest BCUT2D eigenvalue weighted by Gasteiger charge is -2.33. The summed E-state index contributed by atoms with van der Waals surface area (Å²) >= 11 is 0. The number of anilines is 1. The third-order valence-electron chi connectivity index (χ3n) is 6.73. The van der Waals surface area contributed by atoms with Crippen LogP contribution in [0, 0.1) is 0 Å². The zero-order chi connectivity index (χ0) is 25.1. The van der Waals surface area contributed by atoms with Gasteiger partial charge in [-0.15, -0.1) is 10.2 Å². The summed E-state index contributed by atoms with van der Waals surface area (Å²) in [5.74, 6) is 0.0514. The molecule has 2 N–H and O–H groups in total. The molecule has 0 saturated carbocycles. The Labute approximate surface area is 207 Å². The lowest BCUT2D eigenvalue weighted by molar-refractivity contribution is -0.164. The Balaban J connectivity index is 1.26. The van der Waals surface area contributed by atoms with Crippen molar-refractivity contribution in [1.29, 1.82) is 0 Å². The lowest BCUT2D eigenvalue weighted by atomic mass is 10.1. The van der Waals surface area contributed by atoms with Crippen LogP contribution < -0.4 is 5.32 Å². The SMILES string of the molecule is Oc1cc(C(F)(F)F)ccc1-c1nnc(N[C@@H]2CCCN(CCOC3CCCCO3)C2)n2cccc12. The van der Waals surface area contributed by atoms with E-state index < -0.39 is 17.5 Å². The molecule has 4 heterocycles. The zero-order valence-electron chi connectivity index (χ0n) is 19.9. The van der Waals surface area contributed by atoms with Crippen molar-refractivity contribution >= 4 is 11.5 Å². The van der Waals surface area contributed by atoms with E-state index in [1.807, 2.05) is 16.7 Å². The van der Waals surface area contributed by atoms with Gasteiger partial charge < -0.3 is 19.9 Å². The fraction of sp³-hybridized carbons (Fsp3) is 0.520. The maximum atomic E-state index is 13.0. The van der Waals surface area contributed by atoms with E-state index in [4.69, 9.17) is 9.47 Å². The van der Waals surface area contributed by atoms with Gasteiger partial charge >= 0.3 is 6.18 Å². The van der Waals surface area contributed by atoms with Crippen molar-refractivity contribution in [3.8, 4) is 17.0 Å². The molecule has 0 aliphatic carbocycles. The average Bonchev–Trinajstić information content (AvgIpc) is 3.36. The quantitative estimate of drug-likeness (QED) is 0.488. The van der Waals surface area contributed by atoms with Crippen molar-refractivity contribution in [3.63, 3.8) is 0 Å². The highest BCUT2D eigenvalue weighted by Crippen LogP contribution is 2.37. The standard InChI is InChI=1S/C25H30F3N5O3/c26-25(27,28)17-8-9-19(21(34)15-17)23-20-6-4-11-33(20)24(31-30-23)29-18-5-3-10-32(16-18)12-14-36-22-7-1-2-13-35-22/h4,6,8-9,11,15,18,22,34H,1-3,5,7,10,12-14,16H2,(H,29,31)/t18-,22?/m1/s1. The molecule has 0 amide bonds. The number of nitrogens with one attached hydrogen (secondary N) is 1. The third-order valence-corrected chi connectivity index (χ3v) is 6.73. The lowest BCUT2D eigenvalue weighted by Crippen LogP contribution is -2.44. The normalized spacial score (nSPS) is 21.6. The molecule has 0 spiro atoms. The number of aromatic nitrogens is 3. The zero-order valence-corrected chi connectivity index (χ0v) is 19.9. The Morgan fingerprint density at radius 2 is 2.03 bits per heavy atom. The Morgan fingerprint density at radius 3 is 2.81 bits per heavy atom. The number of hydrogen-bond donors (Lipinski definition) is 2. The number of halogens is 3. The van der Waals surface area contributed by atoms with Gasteiger partial charge in [0.15, 0.2) is 6.29 Å². The van der Waals surface area contributed by atoms with E-state index in [0.29, 0.717) is 29.8 Å². The summed E-state index contributed by atoms with van der Waals surface area (Å²) in [5, 5.41) is 22.4. The number of aromatic hydroxyl groups is 1. The van der Waals surface area contributed by atoms with Gasteiger partial charge in [-0.3, -0.25) is 9.30 Å². The number of rotatable bonds is 7. The molecule has 0 bridgehead atoms. The van der Waals surface area contributed by atoms with Crippen LogP contribution in [0.1, 0.15) is 37.7 Å². The Morgan fingerprint density at radius 1 is 1.14 bits per heavy atom. The number of nitrogens with zero attached hydrogens (tertiary/aromatic N) is 4. The molecular weight excluding hydrogens is 475 g/mol. The molecule has 2 atom stereocenters. The monoisotopic (exact) mass is 505 g/mol. The van der Waals surface area contributed by atoms with Gasteiger partial charge in [0.1, 0.15) is 11.4 Å². The number of fused-ring (bicyclic) bond motifs is 1. The molecule has 11 heteroatoms. The fourth-order valence-corrected chi connectivity index (χ4v) is 4.87. The highest BCUT2D eigenvalue weighted by molar-refractivity contribution is 5.81. The number of likely N-dealkylation sites (tertiary alicyclic amines) is 1. The first-order valence-corrected chi connectivity index (χ1v) is 12.3. The molecule has 2 aliphatic heterocycles. The predicted molar refractivity (Wildman–Crippen MR) is 128 cm³/mol. The first kappa shape index (κ1) is 24.8. The maximum absolute atomic E-state index is 13.0. The van der Waals surface area contributed by atoms with Crippen LogP contribution in [0.3, 0.4) is 0 Å². The van der Waals surface area contributed by atoms with Crippen LogP contribution in [0.5, 0.6) is 5.75 Å². The summed E-state index contributed by atoms with van der Waals surface area (Å²) in [6, 6.07) is 6.64. The first-order chi connectivity index (χ1) is 17.4. The third kappa shape index (κ3) is 5.58. The first-order valence-electron chi connectivity index (χ1n) is 12.3. The average molecular weight is 506 g/mol. The second-order valence-corrected chi connectivity index (χ2v) is 9.32. The number of phenols is 1. The summed E-state index contributed by atoms with van der Waals surface area (Å²) in [5.41, 5.74) is 0.219. The maximum Gasteiger partial charge on any atom is 0.416 e. The van der Waals surface area contributed by atoms with E-state index in [-0.39, 0.29) is 17.9 Å². The minimum Gasteiger partial charge on any atom is -0.507 e. The summed E-state index contributed by atoms with van der Waals surface area (Å²) in [6.07, 6.45) is 2.41. The number of benzene rings is 1. The fourth-order valence-electron chi connectivity index (χ4n) is 4.87. The van der Waals surface area contributed by atoms with E-state index in [1.54, 1.807) is 6.07 Å². The van der Waals surface area contributed by atoms with Crippen molar-refractivity contribution in [2.24, 2.45) is 0 Å². The molecule has 36 heavy (non-hydrogen) atoms. The van der Waals surface area contributed by atoms with Crippen LogP contribution in [0.4, 0.5) is 19.1 Å². The second-order valence-electron chi connectivity index (χ2n) is 9.32. The van der Waals surface area contributed by atoms with Crippen LogP contribution in [0.15, 0.2) is 36.5 Å². The molecule has 8 nitrogen and oxygen atoms in total. The molecule has 194 valence electrons. The van der Waals surface area contributed by atoms with Crippen molar-refractivity contribution < 1.29 is 27.8 Å². The number of ether oxygens (including phenoxy) is 2. The predicted octanol–water partition coefficient (Wildman–Crippen LogP) is 4.54. The Hall–Kier alpha value is -2.89. The minimum absolute atomic E-state index is 0.0858. The summed E-state index contributed by atoms with van der Waals surface area (Å²) < 4.78 is 52.3. The molecule has 0 radical (unpaired) electrons. The van der Waals surface area contributed by atoms with Crippen LogP contribution in [0.2, 0.25) is 0 Å². The van der Waals surface area contributed by atoms with E-state index in [2.05, 4.69) is 20.4 Å². The number of phenolic OH excluding ortho intramolecular Hbond substituents is 1. The van der Waals surface area contributed by atoms with Gasteiger partial charge in [0.2, 0.25) is 5.95 Å². The van der Waals surface area contributed by atoms with Gasteiger partial charge in [-0.1, -0.05) is 0 Å². The van der Waals surface area contributed by atoms with Gasteiger partial charge in [0, 0.05) is 37.5 Å². The van der Waals surface area contributed by atoms with Gasteiger partial charge in [0.25, 0.3) is 0 Å². The van der Waals surface area contributed by atoms with E-state index in [0.717, 1.165) is 64.4 Å². The minimum atomic E-state index is -4.54. The van der Waals surface area contributed by atoms with Gasteiger partial charge in [0.05, 0.1) is 17.7 Å². The molecule has 1 unspecified atom stereocenters. The van der Waals surface area contributed by atoms with Crippen LogP contribution >= 0.6 is 0 Å². The van der Waals surface area contributed by atoms with E-state index in [9.17, 15) is 18.3 Å². The number of hydrogen-bond acceptors (Lipinski definition) is 7. The molecule has 1 aromatic carbocycles. The van der Waals surface area contributed by atoms with Crippen LogP contribution in [-0.4, -0.2) is 69.8 Å². The smallest absolute Gasteiger partial charge is 0.416 e. The molecular formula is C25H30F3N5O3. The summed E-state index contributed by atoms with van der Waals surface area (Å²) in [6.45, 7) is 4.07. The summed E-state index contributed by atoms with van der Waals surface area (Å²) in [4.78, 5) is 2.36. The van der Waals surface area contributed by atoms with Crippen LogP contribution in [0.25, 0.3) is 16.8 Å². The number of piperidine rings is 1. The topological polar surface area (TPSA) is 84.2 Å². The van der Waals surface area contributed by atoms with Gasteiger partial charge in [-0.2, -0.15) is 13.2 Å². The second kappa shape index (κ2) is 10.6. The number of alkyl halides is 3. The molecule has 2 saturated heterocycles. The largest absolute Gasteiger partial charge is 0.507 e. The highest BCUT2D eigenvalue weighted by atomic mass is 19.4. The Bertz CT molecular complexity index is 1180. The summed E-state index contributed by atoms with van der Waals surface area (Å²) in [7, 11) is 0. The molecule has 3 aromatic rings. The molecule has 2 aliphatic rings. The van der Waals surface area contributed by atoms with Gasteiger partial charge in [-0.05, 0) is 69.0 Å². The van der Waals surface area contributed by atoms with Crippen molar-refractivity contribution in [2.75, 3.05) is 38.2 Å². The molecule has 5 rings (SSSR count). The van der Waals surface area contributed by atoms with Crippen molar-refractivity contribution in [1.82, 2.24) is 19.5 Å². The van der Waals surface area contributed by atoms with Crippen LogP contribution in [-0.2, 0) is 15.7 Å². The van der Waals surface area contributed by atoms with Crippen molar-refractivity contribution in [2.45, 2.75) is 50.6 Å². The molecule has 2 aromatic heterocycles. The molecule has 2 fully saturated rings. The Kier molecular flexibility index (Phi) is 7.31. The van der Waals surface area contributed by atoms with E-state index >= 15 is 0 Å². The van der Waals surface area contributed by atoms with Gasteiger partial charge in [-0.25, -0.2) is 0 Å². The van der Waals surface area contributed by atoms with Crippen molar-refractivity contribution in [3.05, 3.63) is 42.1 Å². The highest BCUT2D eigenvalue weighted by Gasteiger charge is 2.31. The van der Waals surface area contributed by atoms with E-state index in [1.165, 1.54) is 6.07 Å².